The fraction of sp³-hybridized carbons (Fsp3) is 0.222. The van der Waals surface area contributed by atoms with Crippen LogP contribution >= 0.6 is 0 Å². The fourth-order valence-corrected chi connectivity index (χ4v) is 3.20. The van der Waals surface area contributed by atoms with Gasteiger partial charge in [-0.1, -0.05) is 12.1 Å². The van der Waals surface area contributed by atoms with Gasteiger partial charge in [-0.2, -0.15) is 5.10 Å². The lowest BCUT2D eigenvalue weighted by atomic mass is 10.0. The molecule has 1 N–H and O–H groups in total. The number of carbonyl (C=O) groups is 1. The van der Waals surface area contributed by atoms with Crippen LogP contribution in [-0.4, -0.2) is 25.7 Å². The van der Waals surface area contributed by atoms with Gasteiger partial charge in [0, 0.05) is 31.2 Å². The van der Waals surface area contributed by atoms with Gasteiger partial charge in [-0.05, 0) is 36.1 Å². The summed E-state index contributed by atoms with van der Waals surface area (Å²) in [7, 11) is 1.77. The highest BCUT2D eigenvalue weighted by Crippen LogP contribution is 2.33. The molecule has 24 heavy (non-hydrogen) atoms. The summed E-state index contributed by atoms with van der Waals surface area (Å²) >= 11 is 0. The molecule has 0 radical (unpaired) electrons. The van der Waals surface area contributed by atoms with E-state index in [1.54, 1.807) is 42.6 Å². The van der Waals surface area contributed by atoms with E-state index in [0.717, 1.165) is 24.1 Å². The number of nitrogens with zero attached hydrogens (tertiary/aromatic N) is 4. The van der Waals surface area contributed by atoms with Gasteiger partial charge in [-0.15, -0.1) is 0 Å². The van der Waals surface area contributed by atoms with Gasteiger partial charge >= 0.3 is 0 Å². The monoisotopic (exact) mass is 319 g/mol. The van der Waals surface area contributed by atoms with Crippen molar-refractivity contribution in [2.24, 2.45) is 7.05 Å². The normalized spacial score (nSPS) is 16.0. The predicted molar refractivity (Wildman–Crippen MR) is 89.2 cm³/mol. The maximum Gasteiger partial charge on any atom is 0.270 e. The van der Waals surface area contributed by atoms with Crippen molar-refractivity contribution < 1.29 is 4.79 Å². The number of fused-ring (bicyclic) bond motifs is 1. The highest BCUT2D eigenvalue weighted by Gasteiger charge is 2.25. The number of nitrogens with one attached hydrogen (secondary N) is 1. The number of aromatic nitrogens is 4. The maximum atomic E-state index is 12.4. The van der Waals surface area contributed by atoms with Crippen molar-refractivity contribution >= 4 is 5.91 Å². The van der Waals surface area contributed by atoms with Gasteiger partial charge in [0.2, 0.25) is 0 Å². The van der Waals surface area contributed by atoms with E-state index in [2.05, 4.69) is 32.5 Å². The molecule has 1 aliphatic rings. The first-order valence-electron chi connectivity index (χ1n) is 7.90. The molecule has 2 aromatic heterocycles. The summed E-state index contributed by atoms with van der Waals surface area (Å²) in [5.74, 6) is -0.0918. The highest BCUT2D eigenvalue weighted by molar-refractivity contribution is 5.92. The van der Waals surface area contributed by atoms with Crippen molar-refractivity contribution in [1.29, 1.82) is 0 Å². The second-order valence-corrected chi connectivity index (χ2v) is 5.91. The Labute approximate surface area is 139 Å². The van der Waals surface area contributed by atoms with E-state index in [1.165, 1.54) is 11.1 Å². The van der Waals surface area contributed by atoms with E-state index in [0.29, 0.717) is 5.69 Å². The summed E-state index contributed by atoms with van der Waals surface area (Å²) < 4.78 is 1.59. The molecule has 0 saturated carbocycles. The zero-order chi connectivity index (χ0) is 16.5. The SMILES string of the molecule is Cn1nccc1C(=O)N[C@@H]1CCc2cc(-c3cnccn3)ccc21. The zero-order valence-electron chi connectivity index (χ0n) is 13.3. The van der Waals surface area contributed by atoms with E-state index < -0.39 is 0 Å². The molecule has 120 valence electrons. The second kappa shape index (κ2) is 5.88. The minimum absolute atomic E-state index is 0.0401. The Morgan fingerprint density at radius 1 is 1.25 bits per heavy atom. The first-order valence-corrected chi connectivity index (χ1v) is 7.90. The Morgan fingerprint density at radius 2 is 2.17 bits per heavy atom. The average Bonchev–Trinajstić information content (AvgIpc) is 3.21. The molecule has 0 unspecified atom stereocenters. The number of benzene rings is 1. The van der Waals surface area contributed by atoms with Crippen LogP contribution in [0.4, 0.5) is 0 Å². The summed E-state index contributed by atoms with van der Waals surface area (Å²) in [4.78, 5) is 20.9. The number of amides is 1. The Balaban J connectivity index is 1.57. The lowest BCUT2D eigenvalue weighted by Crippen LogP contribution is -2.28. The largest absolute Gasteiger partial charge is 0.344 e. The highest BCUT2D eigenvalue weighted by atomic mass is 16.2. The standard InChI is InChI=1S/C18H17N5O/c1-23-17(6-7-21-23)18(24)22-15-5-3-12-10-13(2-4-14(12)15)16-11-19-8-9-20-16/h2,4,6-11,15H,3,5H2,1H3,(H,22,24)/t15-/m1/s1. The molecular formula is C18H17N5O. The smallest absolute Gasteiger partial charge is 0.270 e. The number of hydrogen-bond acceptors (Lipinski definition) is 4. The lowest BCUT2D eigenvalue weighted by Gasteiger charge is -2.14. The van der Waals surface area contributed by atoms with Crippen LogP contribution in [0.15, 0.2) is 49.1 Å². The van der Waals surface area contributed by atoms with Crippen molar-refractivity contribution in [2.45, 2.75) is 18.9 Å². The Kier molecular flexibility index (Phi) is 3.57. The van der Waals surface area contributed by atoms with E-state index in [-0.39, 0.29) is 11.9 Å². The van der Waals surface area contributed by atoms with Crippen LogP contribution in [0, 0.1) is 0 Å². The molecule has 0 aliphatic heterocycles. The van der Waals surface area contributed by atoms with Gasteiger partial charge in [-0.3, -0.25) is 19.4 Å². The average molecular weight is 319 g/mol. The lowest BCUT2D eigenvalue weighted by molar-refractivity contribution is 0.0927. The molecule has 2 heterocycles. The minimum Gasteiger partial charge on any atom is -0.344 e. The van der Waals surface area contributed by atoms with Crippen molar-refractivity contribution in [2.75, 3.05) is 0 Å². The molecule has 1 amide bonds. The van der Waals surface area contributed by atoms with Crippen LogP contribution in [0.2, 0.25) is 0 Å². The van der Waals surface area contributed by atoms with Crippen LogP contribution in [0.25, 0.3) is 11.3 Å². The quantitative estimate of drug-likeness (QED) is 0.804. The zero-order valence-corrected chi connectivity index (χ0v) is 13.3. The first kappa shape index (κ1) is 14.6. The first-order chi connectivity index (χ1) is 11.7. The number of aryl methyl sites for hydroxylation is 2. The van der Waals surface area contributed by atoms with Crippen LogP contribution in [0.1, 0.15) is 34.1 Å². The fourth-order valence-electron chi connectivity index (χ4n) is 3.20. The van der Waals surface area contributed by atoms with Crippen molar-refractivity contribution in [3.63, 3.8) is 0 Å². The van der Waals surface area contributed by atoms with Crippen LogP contribution in [-0.2, 0) is 13.5 Å². The van der Waals surface area contributed by atoms with Gasteiger partial charge in [0.05, 0.1) is 17.9 Å². The molecule has 1 atom stereocenters. The molecule has 1 aromatic carbocycles. The third-order valence-electron chi connectivity index (χ3n) is 4.44. The maximum absolute atomic E-state index is 12.4. The Morgan fingerprint density at radius 3 is 2.92 bits per heavy atom. The number of rotatable bonds is 3. The predicted octanol–water partition coefficient (Wildman–Crippen LogP) is 2.29. The van der Waals surface area contributed by atoms with E-state index >= 15 is 0 Å². The number of carbonyl (C=O) groups excluding carboxylic acids is 1. The van der Waals surface area contributed by atoms with Gasteiger partial charge < -0.3 is 5.32 Å². The minimum atomic E-state index is -0.0918. The van der Waals surface area contributed by atoms with Crippen molar-refractivity contribution in [1.82, 2.24) is 25.1 Å². The summed E-state index contributed by atoms with van der Waals surface area (Å²) in [5, 5.41) is 7.15. The van der Waals surface area contributed by atoms with E-state index in [4.69, 9.17) is 0 Å². The summed E-state index contributed by atoms with van der Waals surface area (Å²) in [6, 6.07) is 8.04. The molecule has 1 aliphatic carbocycles. The van der Waals surface area contributed by atoms with Gasteiger partial charge in [-0.25, -0.2) is 0 Å². The summed E-state index contributed by atoms with van der Waals surface area (Å²) in [6.45, 7) is 0. The van der Waals surface area contributed by atoms with Crippen molar-refractivity contribution in [3.8, 4) is 11.3 Å². The molecule has 0 saturated heterocycles. The van der Waals surface area contributed by atoms with Gasteiger partial charge in [0.1, 0.15) is 5.69 Å². The second-order valence-electron chi connectivity index (χ2n) is 5.91. The van der Waals surface area contributed by atoms with Crippen LogP contribution in [0.5, 0.6) is 0 Å². The summed E-state index contributed by atoms with van der Waals surface area (Å²) in [6.07, 6.45) is 8.60. The molecule has 0 spiro atoms. The van der Waals surface area contributed by atoms with Crippen LogP contribution in [0.3, 0.4) is 0 Å². The Bertz CT molecular complexity index is 887. The molecular weight excluding hydrogens is 302 g/mol. The van der Waals surface area contributed by atoms with Gasteiger partial charge in [0.15, 0.2) is 0 Å². The molecule has 3 aromatic rings. The molecule has 6 nitrogen and oxygen atoms in total. The third kappa shape index (κ3) is 2.56. The molecule has 6 heteroatoms. The van der Waals surface area contributed by atoms with Gasteiger partial charge in [0.25, 0.3) is 5.91 Å². The summed E-state index contributed by atoms with van der Waals surface area (Å²) in [5.41, 5.74) is 4.93. The third-order valence-corrected chi connectivity index (χ3v) is 4.44. The molecule has 0 bridgehead atoms. The Hall–Kier alpha value is -3.02. The van der Waals surface area contributed by atoms with E-state index in [9.17, 15) is 4.79 Å². The molecule has 4 rings (SSSR count). The van der Waals surface area contributed by atoms with Crippen molar-refractivity contribution in [3.05, 3.63) is 65.9 Å². The van der Waals surface area contributed by atoms with E-state index in [1.807, 2.05) is 6.07 Å². The topological polar surface area (TPSA) is 72.7 Å². The van der Waals surface area contributed by atoms with Crippen LogP contribution < -0.4 is 5.32 Å². The molecule has 0 fully saturated rings. The number of hydrogen-bond donors (Lipinski definition) is 1.